The zero-order chi connectivity index (χ0) is 11.5. The highest BCUT2D eigenvalue weighted by molar-refractivity contribution is 5.56. The fourth-order valence-corrected chi connectivity index (χ4v) is 1.21. The number of anilines is 1. The van der Waals surface area contributed by atoms with Crippen molar-refractivity contribution < 1.29 is 17.9 Å². The van der Waals surface area contributed by atoms with E-state index in [0.29, 0.717) is 12.0 Å². The van der Waals surface area contributed by atoms with E-state index < -0.39 is 12.8 Å². The molecule has 0 atom stereocenters. The monoisotopic (exact) mass is 219 g/mol. The number of para-hydroxylation sites is 1. The van der Waals surface area contributed by atoms with Crippen LogP contribution in [0, 0.1) is 0 Å². The number of rotatable bonds is 3. The molecule has 84 valence electrons. The molecule has 0 heterocycles. The van der Waals surface area contributed by atoms with Gasteiger partial charge in [-0.25, -0.2) is 0 Å². The van der Waals surface area contributed by atoms with E-state index in [-0.39, 0.29) is 11.4 Å². The second-order valence-electron chi connectivity index (χ2n) is 3.09. The highest BCUT2D eigenvalue weighted by atomic mass is 19.4. The first kappa shape index (κ1) is 11.7. The zero-order valence-corrected chi connectivity index (χ0v) is 8.27. The predicted molar refractivity (Wildman–Crippen MR) is 51.8 cm³/mol. The Labute approximate surface area is 85.8 Å². The van der Waals surface area contributed by atoms with Crippen LogP contribution in [0.5, 0.6) is 5.75 Å². The van der Waals surface area contributed by atoms with Crippen LogP contribution in [0.15, 0.2) is 18.2 Å². The van der Waals surface area contributed by atoms with Crippen molar-refractivity contribution in [1.29, 1.82) is 0 Å². The molecular weight excluding hydrogens is 207 g/mol. The van der Waals surface area contributed by atoms with Gasteiger partial charge in [0.2, 0.25) is 0 Å². The van der Waals surface area contributed by atoms with Crippen LogP contribution in [-0.2, 0) is 6.42 Å². The minimum Gasteiger partial charge on any atom is -0.482 e. The van der Waals surface area contributed by atoms with Gasteiger partial charge >= 0.3 is 6.18 Å². The number of hydrogen-bond acceptors (Lipinski definition) is 2. The van der Waals surface area contributed by atoms with Crippen molar-refractivity contribution in [3.05, 3.63) is 23.8 Å². The number of alkyl halides is 3. The Balaban J connectivity index is 2.83. The van der Waals surface area contributed by atoms with Gasteiger partial charge in [0.15, 0.2) is 6.61 Å². The molecule has 0 spiro atoms. The van der Waals surface area contributed by atoms with Gasteiger partial charge in [-0.05, 0) is 18.1 Å². The molecule has 0 aliphatic carbocycles. The Kier molecular flexibility index (Phi) is 3.44. The molecule has 0 aromatic heterocycles. The fraction of sp³-hybridized carbons (Fsp3) is 0.400. The summed E-state index contributed by atoms with van der Waals surface area (Å²) in [6.07, 6.45) is -3.76. The second kappa shape index (κ2) is 4.42. The molecule has 0 radical (unpaired) electrons. The lowest BCUT2D eigenvalue weighted by Crippen LogP contribution is -2.20. The summed E-state index contributed by atoms with van der Waals surface area (Å²) in [6, 6.07) is 4.90. The third kappa shape index (κ3) is 3.34. The van der Waals surface area contributed by atoms with Crippen molar-refractivity contribution in [2.75, 3.05) is 12.3 Å². The molecule has 0 saturated heterocycles. The van der Waals surface area contributed by atoms with E-state index in [1.54, 1.807) is 12.1 Å². The first-order valence-corrected chi connectivity index (χ1v) is 4.51. The Morgan fingerprint density at radius 3 is 2.53 bits per heavy atom. The summed E-state index contributed by atoms with van der Waals surface area (Å²) < 4.78 is 40.5. The zero-order valence-electron chi connectivity index (χ0n) is 8.27. The highest BCUT2D eigenvalue weighted by Crippen LogP contribution is 2.28. The first-order valence-electron chi connectivity index (χ1n) is 4.51. The topological polar surface area (TPSA) is 35.2 Å². The van der Waals surface area contributed by atoms with E-state index in [9.17, 15) is 13.2 Å². The lowest BCUT2D eigenvalue weighted by Gasteiger charge is -2.14. The van der Waals surface area contributed by atoms with Crippen LogP contribution in [0.25, 0.3) is 0 Å². The quantitative estimate of drug-likeness (QED) is 0.793. The van der Waals surface area contributed by atoms with Crippen LogP contribution < -0.4 is 10.5 Å². The highest BCUT2D eigenvalue weighted by Gasteiger charge is 2.29. The van der Waals surface area contributed by atoms with Gasteiger partial charge in [-0.2, -0.15) is 13.2 Å². The van der Waals surface area contributed by atoms with Crippen molar-refractivity contribution in [3.8, 4) is 5.75 Å². The third-order valence-electron chi connectivity index (χ3n) is 1.89. The van der Waals surface area contributed by atoms with Gasteiger partial charge in [0.05, 0.1) is 5.69 Å². The minimum absolute atomic E-state index is 0.136. The van der Waals surface area contributed by atoms with E-state index in [2.05, 4.69) is 4.74 Å². The molecule has 1 aromatic rings. The Morgan fingerprint density at radius 2 is 2.00 bits per heavy atom. The predicted octanol–water partition coefficient (Wildman–Crippen LogP) is 2.77. The average molecular weight is 219 g/mol. The average Bonchev–Trinajstić information content (AvgIpc) is 2.14. The summed E-state index contributed by atoms with van der Waals surface area (Å²) in [5, 5.41) is 0. The molecule has 1 rings (SSSR count). The second-order valence-corrected chi connectivity index (χ2v) is 3.09. The normalized spacial score (nSPS) is 11.5. The molecule has 0 aliphatic rings. The van der Waals surface area contributed by atoms with Gasteiger partial charge in [-0.1, -0.05) is 19.1 Å². The van der Waals surface area contributed by atoms with Crippen molar-refractivity contribution in [3.63, 3.8) is 0 Å². The number of halogens is 3. The lowest BCUT2D eigenvalue weighted by atomic mass is 10.1. The van der Waals surface area contributed by atoms with Crippen molar-refractivity contribution >= 4 is 5.69 Å². The SMILES string of the molecule is CCc1cccc(N)c1OCC(F)(F)F. The largest absolute Gasteiger partial charge is 0.482 e. The van der Waals surface area contributed by atoms with Gasteiger partial charge in [-0.15, -0.1) is 0 Å². The maximum absolute atomic E-state index is 11.9. The maximum Gasteiger partial charge on any atom is 0.422 e. The van der Waals surface area contributed by atoms with E-state index in [0.717, 1.165) is 0 Å². The molecule has 0 amide bonds. The molecule has 5 heteroatoms. The Bertz CT molecular complexity index is 336. The molecule has 2 N–H and O–H groups in total. The Morgan fingerprint density at radius 1 is 1.33 bits per heavy atom. The van der Waals surface area contributed by atoms with E-state index in [4.69, 9.17) is 5.73 Å². The molecule has 2 nitrogen and oxygen atoms in total. The number of benzene rings is 1. The van der Waals surface area contributed by atoms with Crippen LogP contribution >= 0.6 is 0 Å². The molecular formula is C10H12F3NO. The maximum atomic E-state index is 11.9. The van der Waals surface area contributed by atoms with Gasteiger partial charge in [0.1, 0.15) is 5.75 Å². The van der Waals surface area contributed by atoms with Crippen molar-refractivity contribution in [2.45, 2.75) is 19.5 Å². The summed E-state index contributed by atoms with van der Waals surface area (Å²) >= 11 is 0. The van der Waals surface area contributed by atoms with Gasteiger partial charge in [-0.3, -0.25) is 0 Å². The number of ether oxygens (including phenoxy) is 1. The molecule has 0 bridgehead atoms. The smallest absolute Gasteiger partial charge is 0.422 e. The molecule has 15 heavy (non-hydrogen) atoms. The molecule has 0 unspecified atom stereocenters. The number of nitrogen functional groups attached to an aromatic ring is 1. The summed E-state index contributed by atoms with van der Waals surface area (Å²) in [6.45, 7) is 0.517. The summed E-state index contributed by atoms with van der Waals surface area (Å²) in [5.41, 5.74) is 6.45. The number of nitrogens with two attached hydrogens (primary N) is 1. The fourth-order valence-electron chi connectivity index (χ4n) is 1.21. The van der Waals surface area contributed by atoms with Gasteiger partial charge in [0.25, 0.3) is 0 Å². The van der Waals surface area contributed by atoms with Crippen LogP contribution in [0.4, 0.5) is 18.9 Å². The van der Waals surface area contributed by atoms with Gasteiger partial charge in [0, 0.05) is 0 Å². The van der Waals surface area contributed by atoms with Crippen molar-refractivity contribution in [1.82, 2.24) is 0 Å². The van der Waals surface area contributed by atoms with Crippen LogP contribution in [-0.4, -0.2) is 12.8 Å². The van der Waals surface area contributed by atoms with Crippen LogP contribution in [0.1, 0.15) is 12.5 Å². The van der Waals surface area contributed by atoms with Crippen LogP contribution in [0.2, 0.25) is 0 Å². The number of aryl methyl sites for hydroxylation is 1. The summed E-state index contributed by atoms with van der Waals surface area (Å²) in [5.74, 6) is 0.136. The van der Waals surface area contributed by atoms with E-state index in [1.165, 1.54) is 6.07 Å². The summed E-state index contributed by atoms with van der Waals surface area (Å²) in [4.78, 5) is 0. The van der Waals surface area contributed by atoms with Gasteiger partial charge < -0.3 is 10.5 Å². The van der Waals surface area contributed by atoms with Crippen molar-refractivity contribution in [2.24, 2.45) is 0 Å². The molecule has 1 aromatic carbocycles. The summed E-state index contributed by atoms with van der Waals surface area (Å²) in [7, 11) is 0. The number of hydrogen-bond donors (Lipinski definition) is 1. The lowest BCUT2D eigenvalue weighted by molar-refractivity contribution is -0.153. The van der Waals surface area contributed by atoms with Crippen LogP contribution in [0.3, 0.4) is 0 Å². The van der Waals surface area contributed by atoms with E-state index in [1.807, 2.05) is 6.92 Å². The molecule has 0 fully saturated rings. The molecule has 0 saturated carbocycles. The Hall–Kier alpha value is -1.39. The third-order valence-corrected chi connectivity index (χ3v) is 1.89. The van der Waals surface area contributed by atoms with E-state index >= 15 is 0 Å². The first-order chi connectivity index (χ1) is 6.94. The minimum atomic E-state index is -4.34. The standard InChI is InChI=1S/C10H12F3NO/c1-2-7-4-3-5-8(14)9(7)15-6-10(11,12)13/h3-5H,2,6,14H2,1H3. The molecule has 0 aliphatic heterocycles.